The van der Waals surface area contributed by atoms with E-state index in [-0.39, 0.29) is 5.78 Å². The summed E-state index contributed by atoms with van der Waals surface area (Å²) in [5.74, 6) is 0.241. The second-order valence-corrected chi connectivity index (χ2v) is 2.48. The van der Waals surface area contributed by atoms with Gasteiger partial charge in [-0.1, -0.05) is 13.0 Å². The van der Waals surface area contributed by atoms with E-state index in [1.54, 1.807) is 0 Å². The maximum absolute atomic E-state index is 10.9. The van der Waals surface area contributed by atoms with Gasteiger partial charge >= 0.3 is 0 Å². The van der Waals surface area contributed by atoms with Crippen LogP contribution in [0.4, 0.5) is 0 Å². The molecular formula is C7H12OS. The molecule has 0 saturated heterocycles. The van der Waals surface area contributed by atoms with E-state index in [2.05, 4.69) is 0 Å². The Bertz CT molecular complexity index is 127. The summed E-state index contributed by atoms with van der Waals surface area (Å²) in [6.45, 7) is 3.77. The summed E-state index contributed by atoms with van der Waals surface area (Å²) in [5, 5.41) is 0. The van der Waals surface area contributed by atoms with Crippen LogP contribution in [0.5, 0.6) is 0 Å². The monoisotopic (exact) mass is 144 g/mol. The molecule has 0 spiro atoms. The van der Waals surface area contributed by atoms with Crippen LogP contribution in [0.25, 0.3) is 0 Å². The molecule has 9 heavy (non-hydrogen) atoms. The van der Waals surface area contributed by atoms with Crippen LogP contribution in [0, 0.1) is 0 Å². The van der Waals surface area contributed by atoms with Crippen molar-refractivity contribution in [1.82, 2.24) is 0 Å². The van der Waals surface area contributed by atoms with Crippen LogP contribution in [-0.4, -0.2) is 12.0 Å². The molecule has 0 radical (unpaired) electrons. The molecule has 52 valence electrons. The average Bonchev–Trinajstić information content (AvgIpc) is 1.90. The topological polar surface area (TPSA) is 17.1 Å². The molecule has 0 aromatic carbocycles. The Morgan fingerprint density at radius 3 is 2.33 bits per heavy atom. The first-order chi connectivity index (χ1) is 4.26. The zero-order valence-corrected chi connectivity index (χ0v) is 6.92. The number of allylic oxidation sites excluding steroid dienone is 2. The van der Waals surface area contributed by atoms with E-state index >= 15 is 0 Å². The Hall–Kier alpha value is -0.240. The van der Waals surface area contributed by atoms with E-state index in [9.17, 15) is 4.79 Å². The van der Waals surface area contributed by atoms with Crippen molar-refractivity contribution in [1.29, 1.82) is 0 Å². The number of thioether (sulfide) groups is 1. The van der Waals surface area contributed by atoms with Gasteiger partial charge in [-0.15, -0.1) is 11.8 Å². The van der Waals surface area contributed by atoms with E-state index in [1.807, 2.05) is 26.2 Å². The minimum Gasteiger partial charge on any atom is -0.294 e. The van der Waals surface area contributed by atoms with Gasteiger partial charge in [0.2, 0.25) is 0 Å². The highest BCUT2D eigenvalue weighted by molar-refractivity contribution is 8.03. The minimum atomic E-state index is 0.241. The predicted molar refractivity (Wildman–Crippen MR) is 42.6 cm³/mol. The molecule has 0 unspecified atom stereocenters. The van der Waals surface area contributed by atoms with Gasteiger partial charge in [0.15, 0.2) is 5.78 Å². The second-order valence-electron chi connectivity index (χ2n) is 1.63. The van der Waals surface area contributed by atoms with Crippen molar-refractivity contribution in [3.05, 3.63) is 11.0 Å². The third kappa shape index (κ3) is 2.70. The largest absolute Gasteiger partial charge is 0.294 e. The summed E-state index contributed by atoms with van der Waals surface area (Å²) in [5.41, 5.74) is 0. The zero-order chi connectivity index (χ0) is 7.28. The summed E-state index contributed by atoms with van der Waals surface area (Å²) in [4.78, 5) is 11.8. The summed E-state index contributed by atoms with van der Waals surface area (Å²) in [7, 11) is 0. The second kappa shape index (κ2) is 4.62. The quantitative estimate of drug-likeness (QED) is 0.565. The van der Waals surface area contributed by atoms with Gasteiger partial charge in [0.05, 0.1) is 0 Å². The SMILES string of the molecule is C/C=C(\SC)C(=O)CC. The van der Waals surface area contributed by atoms with Crippen LogP contribution >= 0.6 is 11.8 Å². The predicted octanol–water partition coefficient (Wildman–Crippen LogP) is 2.23. The van der Waals surface area contributed by atoms with Gasteiger partial charge in [0, 0.05) is 11.3 Å². The van der Waals surface area contributed by atoms with Crippen LogP contribution in [0.15, 0.2) is 11.0 Å². The summed E-state index contributed by atoms with van der Waals surface area (Å²) < 4.78 is 0. The first-order valence-corrected chi connectivity index (χ1v) is 4.22. The molecule has 0 aliphatic rings. The van der Waals surface area contributed by atoms with Gasteiger partial charge in [-0.05, 0) is 13.2 Å². The lowest BCUT2D eigenvalue weighted by Gasteiger charge is -1.96. The molecule has 0 fully saturated rings. The lowest BCUT2D eigenvalue weighted by molar-refractivity contribution is -0.114. The number of Topliss-reactive ketones (excluding diaryl/α,β-unsaturated/α-hetero) is 1. The van der Waals surface area contributed by atoms with Crippen molar-refractivity contribution < 1.29 is 4.79 Å². The lowest BCUT2D eigenvalue weighted by atomic mass is 10.3. The molecule has 0 amide bonds. The normalized spacial score (nSPS) is 11.7. The molecule has 0 rings (SSSR count). The van der Waals surface area contributed by atoms with E-state index < -0.39 is 0 Å². The Morgan fingerprint density at radius 1 is 1.67 bits per heavy atom. The molecule has 0 aromatic rings. The van der Waals surface area contributed by atoms with Crippen LogP contribution in [0.1, 0.15) is 20.3 Å². The Kier molecular flexibility index (Phi) is 4.50. The number of hydrogen-bond acceptors (Lipinski definition) is 2. The smallest absolute Gasteiger partial charge is 0.168 e. The average molecular weight is 144 g/mol. The molecule has 0 saturated carbocycles. The number of hydrogen-bond donors (Lipinski definition) is 0. The van der Waals surface area contributed by atoms with Crippen molar-refractivity contribution in [3.63, 3.8) is 0 Å². The van der Waals surface area contributed by atoms with Crippen molar-refractivity contribution in [3.8, 4) is 0 Å². The molecule has 0 atom stereocenters. The molecular weight excluding hydrogens is 132 g/mol. The number of ketones is 1. The number of carbonyl (C=O) groups excluding carboxylic acids is 1. The number of rotatable bonds is 3. The van der Waals surface area contributed by atoms with Crippen molar-refractivity contribution in [2.45, 2.75) is 20.3 Å². The van der Waals surface area contributed by atoms with Crippen LogP contribution in [0.2, 0.25) is 0 Å². The van der Waals surface area contributed by atoms with Crippen LogP contribution < -0.4 is 0 Å². The van der Waals surface area contributed by atoms with E-state index in [0.717, 1.165) is 4.91 Å². The van der Waals surface area contributed by atoms with Crippen molar-refractivity contribution in [2.75, 3.05) is 6.26 Å². The van der Waals surface area contributed by atoms with Crippen LogP contribution in [0.3, 0.4) is 0 Å². The van der Waals surface area contributed by atoms with E-state index in [0.29, 0.717) is 6.42 Å². The third-order valence-electron chi connectivity index (χ3n) is 1.08. The summed E-state index contributed by atoms with van der Waals surface area (Å²) in [6, 6.07) is 0. The van der Waals surface area contributed by atoms with Crippen LogP contribution in [-0.2, 0) is 4.79 Å². The fourth-order valence-electron chi connectivity index (χ4n) is 0.567. The first kappa shape index (κ1) is 8.76. The maximum Gasteiger partial charge on any atom is 0.168 e. The Labute approximate surface area is 60.5 Å². The summed E-state index contributed by atoms with van der Waals surface area (Å²) >= 11 is 1.51. The first-order valence-electron chi connectivity index (χ1n) is 2.99. The summed E-state index contributed by atoms with van der Waals surface area (Å²) in [6.07, 6.45) is 4.39. The molecule has 2 heteroatoms. The van der Waals surface area contributed by atoms with Gasteiger partial charge in [-0.25, -0.2) is 0 Å². The van der Waals surface area contributed by atoms with Gasteiger partial charge in [-0.3, -0.25) is 4.79 Å². The van der Waals surface area contributed by atoms with Crippen molar-refractivity contribution >= 4 is 17.5 Å². The zero-order valence-electron chi connectivity index (χ0n) is 6.10. The lowest BCUT2D eigenvalue weighted by Crippen LogP contribution is -1.95. The standard InChI is InChI=1S/C7H12OS/c1-4-6(8)7(5-2)9-3/h5H,4H2,1-3H3/b7-5-. The Morgan fingerprint density at radius 2 is 2.22 bits per heavy atom. The molecule has 0 N–H and O–H groups in total. The fourth-order valence-corrected chi connectivity index (χ4v) is 1.17. The van der Waals surface area contributed by atoms with Gasteiger partial charge in [-0.2, -0.15) is 0 Å². The Balaban J connectivity index is 3.97. The molecule has 0 aliphatic carbocycles. The van der Waals surface area contributed by atoms with E-state index in [4.69, 9.17) is 0 Å². The molecule has 0 heterocycles. The van der Waals surface area contributed by atoms with Gasteiger partial charge in [0.1, 0.15) is 0 Å². The highest BCUT2D eigenvalue weighted by atomic mass is 32.2. The van der Waals surface area contributed by atoms with E-state index in [1.165, 1.54) is 11.8 Å². The molecule has 0 aromatic heterocycles. The fraction of sp³-hybridized carbons (Fsp3) is 0.571. The number of carbonyl (C=O) groups is 1. The molecule has 0 aliphatic heterocycles. The van der Waals surface area contributed by atoms with Gasteiger partial charge < -0.3 is 0 Å². The van der Waals surface area contributed by atoms with Crippen molar-refractivity contribution in [2.24, 2.45) is 0 Å². The maximum atomic E-state index is 10.9. The highest BCUT2D eigenvalue weighted by Gasteiger charge is 2.01. The molecule has 0 bridgehead atoms. The molecule has 1 nitrogen and oxygen atoms in total. The third-order valence-corrected chi connectivity index (χ3v) is 1.98. The minimum absolute atomic E-state index is 0.241. The van der Waals surface area contributed by atoms with Gasteiger partial charge in [0.25, 0.3) is 0 Å². The highest BCUT2D eigenvalue weighted by Crippen LogP contribution is 2.13.